The molecule has 1 atom stereocenters. The van der Waals surface area contributed by atoms with Gasteiger partial charge in [0.2, 0.25) is 0 Å². The summed E-state index contributed by atoms with van der Waals surface area (Å²) in [6, 6.07) is 4.49. The molecule has 0 radical (unpaired) electrons. The van der Waals surface area contributed by atoms with Crippen molar-refractivity contribution < 1.29 is 4.74 Å². The summed E-state index contributed by atoms with van der Waals surface area (Å²) in [6.07, 6.45) is 6.58. The second-order valence-corrected chi connectivity index (χ2v) is 7.17. The van der Waals surface area contributed by atoms with Crippen molar-refractivity contribution in [2.75, 3.05) is 19.7 Å². The first-order chi connectivity index (χ1) is 9.74. The maximum absolute atomic E-state index is 6.21. The van der Waals surface area contributed by atoms with Gasteiger partial charge in [0.25, 0.3) is 0 Å². The van der Waals surface area contributed by atoms with E-state index in [0.717, 1.165) is 35.8 Å². The normalized spacial score (nSPS) is 23.4. The van der Waals surface area contributed by atoms with Gasteiger partial charge in [0.1, 0.15) is 5.75 Å². The molecule has 2 aliphatic rings. The Bertz CT molecular complexity index is 464. The predicted molar refractivity (Wildman–Crippen MR) is 86.6 cm³/mol. The number of hydrogen-bond donors (Lipinski definition) is 1. The van der Waals surface area contributed by atoms with E-state index in [0.29, 0.717) is 5.92 Å². The van der Waals surface area contributed by atoms with Gasteiger partial charge < -0.3 is 10.1 Å². The van der Waals surface area contributed by atoms with Gasteiger partial charge >= 0.3 is 0 Å². The average molecular weight is 338 g/mol. The molecule has 0 aromatic heterocycles. The quantitative estimate of drug-likeness (QED) is 0.878. The molecule has 1 saturated carbocycles. The highest BCUT2D eigenvalue weighted by Gasteiger charge is 2.23. The van der Waals surface area contributed by atoms with Crippen LogP contribution < -0.4 is 10.1 Å². The monoisotopic (exact) mass is 337 g/mol. The number of aryl methyl sites for hydroxylation is 1. The third-order valence-corrected chi connectivity index (χ3v) is 5.23. The van der Waals surface area contributed by atoms with Crippen molar-refractivity contribution in [1.82, 2.24) is 5.32 Å². The van der Waals surface area contributed by atoms with Gasteiger partial charge in [0.15, 0.2) is 0 Å². The van der Waals surface area contributed by atoms with Crippen molar-refractivity contribution in [1.29, 1.82) is 0 Å². The van der Waals surface area contributed by atoms with Crippen molar-refractivity contribution in [3.63, 3.8) is 0 Å². The highest BCUT2D eigenvalue weighted by atomic mass is 79.9. The van der Waals surface area contributed by atoms with Crippen LogP contribution >= 0.6 is 15.9 Å². The zero-order chi connectivity index (χ0) is 13.9. The summed E-state index contributed by atoms with van der Waals surface area (Å²) in [7, 11) is 0. The molecule has 20 heavy (non-hydrogen) atoms. The van der Waals surface area contributed by atoms with Crippen molar-refractivity contribution in [2.24, 2.45) is 5.92 Å². The fourth-order valence-electron chi connectivity index (χ4n) is 3.19. The number of hydrogen-bond acceptors (Lipinski definition) is 2. The molecule has 1 aromatic carbocycles. The van der Waals surface area contributed by atoms with Crippen LogP contribution in [0.4, 0.5) is 0 Å². The van der Waals surface area contributed by atoms with Gasteiger partial charge in [-0.15, -0.1) is 0 Å². The first kappa shape index (κ1) is 14.4. The largest absolute Gasteiger partial charge is 0.492 e. The third kappa shape index (κ3) is 3.20. The number of halogens is 1. The van der Waals surface area contributed by atoms with E-state index in [2.05, 4.69) is 40.3 Å². The summed E-state index contributed by atoms with van der Waals surface area (Å²) in [5.74, 6) is 2.47. The molecule has 2 nitrogen and oxygen atoms in total. The van der Waals surface area contributed by atoms with E-state index in [1.54, 1.807) is 0 Å². The van der Waals surface area contributed by atoms with E-state index < -0.39 is 0 Å². The fourth-order valence-corrected chi connectivity index (χ4v) is 3.89. The molecule has 1 aliphatic carbocycles. The Labute approximate surface area is 130 Å². The van der Waals surface area contributed by atoms with Crippen LogP contribution in [0, 0.1) is 12.8 Å². The first-order valence-corrected chi connectivity index (χ1v) is 8.67. The second kappa shape index (κ2) is 6.48. The van der Waals surface area contributed by atoms with Gasteiger partial charge in [-0.05, 0) is 78.2 Å². The van der Waals surface area contributed by atoms with E-state index in [1.807, 2.05) is 0 Å². The summed E-state index contributed by atoms with van der Waals surface area (Å²) in [5, 5.41) is 3.52. The molecule has 3 heteroatoms. The van der Waals surface area contributed by atoms with Crippen molar-refractivity contribution in [2.45, 2.75) is 44.9 Å². The molecule has 0 bridgehead atoms. The standard InChI is InChI=1S/C17H24BrNO/c1-12-8-15(14-6-3-7-19-10-14)17(16(18)9-12)20-11-13-4-2-5-13/h8-9,13-14,19H,2-7,10-11H2,1H3. The third-order valence-electron chi connectivity index (χ3n) is 4.64. The molecule has 0 amide bonds. The maximum atomic E-state index is 6.21. The molecule has 1 saturated heterocycles. The first-order valence-electron chi connectivity index (χ1n) is 7.87. The Morgan fingerprint density at radius 2 is 2.10 bits per heavy atom. The Morgan fingerprint density at radius 3 is 2.75 bits per heavy atom. The van der Waals surface area contributed by atoms with Gasteiger partial charge in [-0.2, -0.15) is 0 Å². The molecule has 2 fully saturated rings. The van der Waals surface area contributed by atoms with Crippen LogP contribution in [-0.4, -0.2) is 19.7 Å². The molecular formula is C17H24BrNO. The lowest BCUT2D eigenvalue weighted by Gasteiger charge is -2.29. The minimum atomic E-state index is 0.594. The number of ether oxygens (including phenoxy) is 1. The maximum Gasteiger partial charge on any atom is 0.137 e. The highest BCUT2D eigenvalue weighted by Crippen LogP contribution is 2.39. The summed E-state index contributed by atoms with van der Waals surface area (Å²) in [4.78, 5) is 0. The van der Waals surface area contributed by atoms with Crippen molar-refractivity contribution in [3.05, 3.63) is 27.7 Å². The van der Waals surface area contributed by atoms with Crippen LogP contribution in [0.1, 0.15) is 49.1 Å². The Morgan fingerprint density at radius 1 is 1.25 bits per heavy atom. The predicted octanol–water partition coefficient (Wildman–Crippen LogP) is 4.40. The van der Waals surface area contributed by atoms with E-state index in [9.17, 15) is 0 Å². The zero-order valence-corrected chi connectivity index (χ0v) is 13.8. The van der Waals surface area contributed by atoms with E-state index in [-0.39, 0.29) is 0 Å². The highest BCUT2D eigenvalue weighted by molar-refractivity contribution is 9.10. The Balaban J connectivity index is 1.80. The van der Waals surface area contributed by atoms with Crippen molar-refractivity contribution in [3.8, 4) is 5.75 Å². The molecule has 110 valence electrons. The lowest BCUT2D eigenvalue weighted by Crippen LogP contribution is -2.29. The second-order valence-electron chi connectivity index (χ2n) is 6.32. The molecular weight excluding hydrogens is 314 g/mol. The lowest BCUT2D eigenvalue weighted by molar-refractivity contribution is 0.177. The molecule has 1 heterocycles. The minimum absolute atomic E-state index is 0.594. The summed E-state index contributed by atoms with van der Waals surface area (Å²) >= 11 is 3.71. The van der Waals surface area contributed by atoms with Crippen molar-refractivity contribution >= 4 is 15.9 Å². The minimum Gasteiger partial charge on any atom is -0.492 e. The number of benzene rings is 1. The van der Waals surface area contributed by atoms with Gasteiger partial charge in [-0.1, -0.05) is 12.5 Å². The van der Waals surface area contributed by atoms with Gasteiger partial charge in [0.05, 0.1) is 11.1 Å². The van der Waals surface area contributed by atoms with Crippen LogP contribution in [0.2, 0.25) is 0 Å². The lowest BCUT2D eigenvalue weighted by atomic mass is 9.86. The molecule has 3 rings (SSSR count). The van der Waals surface area contributed by atoms with E-state index in [4.69, 9.17) is 4.74 Å². The van der Waals surface area contributed by atoms with Crippen LogP contribution in [0.3, 0.4) is 0 Å². The molecule has 1 aliphatic heterocycles. The summed E-state index contributed by atoms with van der Waals surface area (Å²) in [6.45, 7) is 5.28. The summed E-state index contributed by atoms with van der Waals surface area (Å²) < 4.78 is 7.33. The van der Waals surface area contributed by atoms with Crippen LogP contribution in [0.25, 0.3) is 0 Å². The fraction of sp³-hybridized carbons (Fsp3) is 0.647. The van der Waals surface area contributed by atoms with Crippen LogP contribution in [-0.2, 0) is 0 Å². The van der Waals surface area contributed by atoms with Crippen LogP contribution in [0.15, 0.2) is 16.6 Å². The average Bonchev–Trinajstić information content (AvgIpc) is 2.40. The number of nitrogens with one attached hydrogen (secondary N) is 1. The van der Waals surface area contributed by atoms with E-state index >= 15 is 0 Å². The van der Waals surface area contributed by atoms with Gasteiger partial charge in [0, 0.05) is 12.5 Å². The topological polar surface area (TPSA) is 21.3 Å². The van der Waals surface area contributed by atoms with Crippen LogP contribution in [0.5, 0.6) is 5.75 Å². The van der Waals surface area contributed by atoms with Gasteiger partial charge in [-0.25, -0.2) is 0 Å². The molecule has 1 unspecified atom stereocenters. The number of rotatable bonds is 4. The Hall–Kier alpha value is -0.540. The SMILES string of the molecule is Cc1cc(Br)c(OCC2CCC2)c(C2CCCNC2)c1. The summed E-state index contributed by atoms with van der Waals surface area (Å²) in [5.41, 5.74) is 2.71. The zero-order valence-electron chi connectivity index (χ0n) is 12.3. The van der Waals surface area contributed by atoms with Gasteiger partial charge in [-0.3, -0.25) is 0 Å². The molecule has 1 N–H and O–H groups in total. The smallest absolute Gasteiger partial charge is 0.137 e. The number of piperidine rings is 1. The molecule has 0 spiro atoms. The van der Waals surface area contributed by atoms with E-state index in [1.165, 1.54) is 43.2 Å². The Kier molecular flexibility index (Phi) is 4.67. The molecule has 1 aromatic rings.